The molecule has 0 saturated heterocycles. The van der Waals surface area contributed by atoms with Crippen LogP contribution in [0.1, 0.15) is 44.3 Å². The number of aromatic hydroxyl groups is 1. The highest BCUT2D eigenvalue weighted by atomic mass is 16.5. The highest BCUT2D eigenvalue weighted by Crippen LogP contribution is 2.46. The number of aromatic nitrogens is 2. The van der Waals surface area contributed by atoms with Gasteiger partial charge in [0, 0.05) is 17.7 Å². The van der Waals surface area contributed by atoms with E-state index in [1.165, 1.54) is 0 Å². The van der Waals surface area contributed by atoms with Gasteiger partial charge >= 0.3 is 0 Å². The van der Waals surface area contributed by atoms with Crippen LogP contribution < -0.4 is 4.74 Å². The number of rotatable bonds is 5. The zero-order valence-electron chi connectivity index (χ0n) is 18.8. The summed E-state index contributed by atoms with van der Waals surface area (Å²) in [5.41, 5.74) is 6.24. The molecule has 1 aromatic heterocycles. The van der Waals surface area contributed by atoms with Crippen molar-refractivity contribution in [1.82, 2.24) is 15.1 Å². The first kappa shape index (κ1) is 20.8. The monoisotopic (exact) mass is 439 g/mol. The molecular formula is C27H25N3O3. The number of phenols is 1. The van der Waals surface area contributed by atoms with E-state index >= 15 is 0 Å². The number of phenolic OH excluding ortho intramolecular Hbond substituents is 1. The van der Waals surface area contributed by atoms with Crippen LogP contribution in [0.2, 0.25) is 0 Å². The maximum atomic E-state index is 13.5. The Morgan fingerprint density at radius 1 is 1.06 bits per heavy atom. The molecule has 1 amide bonds. The van der Waals surface area contributed by atoms with Gasteiger partial charge in [0.25, 0.3) is 5.91 Å². The number of aromatic amines is 1. The zero-order chi connectivity index (χ0) is 23.1. The van der Waals surface area contributed by atoms with E-state index in [1.54, 1.807) is 7.11 Å². The van der Waals surface area contributed by atoms with E-state index in [2.05, 4.69) is 10.2 Å². The fourth-order valence-electron chi connectivity index (χ4n) is 4.62. The predicted molar refractivity (Wildman–Crippen MR) is 126 cm³/mol. The van der Waals surface area contributed by atoms with Crippen LogP contribution in [-0.4, -0.2) is 33.2 Å². The minimum absolute atomic E-state index is 0.114. The molecule has 1 aliphatic rings. The number of fused-ring (bicyclic) bond motifs is 1. The second kappa shape index (κ2) is 8.13. The number of hydrogen-bond acceptors (Lipinski definition) is 4. The minimum Gasteiger partial charge on any atom is -0.507 e. The fourth-order valence-corrected chi connectivity index (χ4v) is 4.62. The third-order valence-corrected chi connectivity index (χ3v) is 6.19. The van der Waals surface area contributed by atoms with Gasteiger partial charge in [-0.15, -0.1) is 0 Å². The Balaban J connectivity index is 1.68. The van der Waals surface area contributed by atoms with Crippen molar-refractivity contribution in [2.45, 2.75) is 26.4 Å². The lowest BCUT2D eigenvalue weighted by atomic mass is 9.94. The Labute approximate surface area is 192 Å². The summed E-state index contributed by atoms with van der Waals surface area (Å²) < 4.78 is 5.33. The van der Waals surface area contributed by atoms with Crippen molar-refractivity contribution in [1.29, 1.82) is 0 Å². The van der Waals surface area contributed by atoms with Gasteiger partial charge in [-0.05, 0) is 54.3 Å². The number of nitrogens with zero attached hydrogens (tertiary/aromatic N) is 2. The van der Waals surface area contributed by atoms with E-state index in [9.17, 15) is 9.90 Å². The smallest absolute Gasteiger partial charge is 0.273 e. The molecule has 4 aromatic rings. The highest BCUT2D eigenvalue weighted by molar-refractivity contribution is 6.00. The molecule has 0 aliphatic carbocycles. The molecular weight excluding hydrogens is 414 g/mol. The number of H-pyrrole nitrogens is 1. The van der Waals surface area contributed by atoms with Crippen molar-refractivity contribution in [2.75, 3.05) is 7.11 Å². The maximum Gasteiger partial charge on any atom is 0.273 e. The van der Waals surface area contributed by atoms with Gasteiger partial charge < -0.3 is 14.7 Å². The average molecular weight is 440 g/mol. The standard InChI is InChI=1S/C27H25N3O3/c1-16-13-17(2)26(31)21(14-16)23-22-24(29-28-23)27(32)30(15-18-7-5-4-6-8-18)25(22)19-9-11-20(33-3)12-10-19/h4-14,25,31H,15H2,1-3H3,(H,28,29). The molecule has 0 fully saturated rings. The Bertz CT molecular complexity index is 1330. The van der Waals surface area contributed by atoms with Crippen LogP contribution in [0.4, 0.5) is 0 Å². The lowest BCUT2D eigenvalue weighted by Crippen LogP contribution is -2.29. The molecule has 5 rings (SSSR count). The third kappa shape index (κ3) is 3.53. The zero-order valence-corrected chi connectivity index (χ0v) is 18.8. The number of methoxy groups -OCH3 is 1. The summed E-state index contributed by atoms with van der Waals surface area (Å²) in [6.45, 7) is 4.31. The van der Waals surface area contributed by atoms with Crippen molar-refractivity contribution in [3.8, 4) is 22.8 Å². The third-order valence-electron chi connectivity index (χ3n) is 6.19. The largest absolute Gasteiger partial charge is 0.507 e. The average Bonchev–Trinajstić information content (AvgIpc) is 3.36. The van der Waals surface area contributed by atoms with Crippen LogP contribution in [0.5, 0.6) is 11.5 Å². The molecule has 0 spiro atoms. The first-order valence-electron chi connectivity index (χ1n) is 10.9. The number of amides is 1. The van der Waals surface area contributed by atoms with Crippen LogP contribution >= 0.6 is 0 Å². The van der Waals surface area contributed by atoms with Gasteiger partial charge in [0.15, 0.2) is 0 Å². The number of aryl methyl sites for hydroxylation is 2. The summed E-state index contributed by atoms with van der Waals surface area (Å²) in [7, 11) is 1.63. The molecule has 0 radical (unpaired) electrons. The number of hydrogen-bond donors (Lipinski definition) is 2. The van der Waals surface area contributed by atoms with Crippen molar-refractivity contribution < 1.29 is 14.6 Å². The number of carbonyl (C=O) groups is 1. The van der Waals surface area contributed by atoms with E-state index in [1.807, 2.05) is 85.5 Å². The molecule has 1 unspecified atom stereocenters. The first-order valence-corrected chi connectivity index (χ1v) is 10.9. The molecule has 0 bridgehead atoms. The van der Waals surface area contributed by atoms with E-state index in [0.29, 0.717) is 23.5 Å². The van der Waals surface area contributed by atoms with Crippen LogP contribution in [0.15, 0.2) is 66.7 Å². The topological polar surface area (TPSA) is 78.5 Å². The van der Waals surface area contributed by atoms with Crippen molar-refractivity contribution in [3.05, 3.63) is 100 Å². The van der Waals surface area contributed by atoms with Crippen molar-refractivity contribution in [2.24, 2.45) is 0 Å². The van der Waals surface area contributed by atoms with E-state index < -0.39 is 0 Å². The molecule has 0 saturated carbocycles. The van der Waals surface area contributed by atoms with Gasteiger partial charge in [0.2, 0.25) is 0 Å². The number of nitrogens with one attached hydrogen (secondary N) is 1. The maximum absolute atomic E-state index is 13.5. The summed E-state index contributed by atoms with van der Waals surface area (Å²) in [6, 6.07) is 21.2. The molecule has 166 valence electrons. The van der Waals surface area contributed by atoms with Crippen LogP contribution in [0.3, 0.4) is 0 Å². The first-order chi connectivity index (χ1) is 16.0. The quantitative estimate of drug-likeness (QED) is 0.451. The van der Waals surface area contributed by atoms with E-state index in [-0.39, 0.29) is 17.7 Å². The number of benzene rings is 3. The Kier molecular flexibility index (Phi) is 5.13. The molecule has 3 aromatic carbocycles. The SMILES string of the molecule is COc1ccc(C2c3c(-c4cc(C)cc(C)c4O)n[nH]c3C(=O)N2Cc2ccccc2)cc1. The lowest BCUT2D eigenvalue weighted by Gasteiger charge is -2.27. The second-order valence-corrected chi connectivity index (χ2v) is 8.43. The van der Waals surface area contributed by atoms with Gasteiger partial charge in [-0.3, -0.25) is 9.89 Å². The van der Waals surface area contributed by atoms with E-state index in [0.717, 1.165) is 33.6 Å². The van der Waals surface area contributed by atoms with E-state index in [4.69, 9.17) is 4.74 Å². The van der Waals surface area contributed by atoms with Gasteiger partial charge in [-0.25, -0.2) is 0 Å². The Morgan fingerprint density at radius 3 is 2.48 bits per heavy atom. The molecule has 2 heterocycles. The Hall–Kier alpha value is -4.06. The van der Waals surface area contributed by atoms with Gasteiger partial charge in [0.05, 0.1) is 13.2 Å². The molecule has 2 N–H and O–H groups in total. The van der Waals surface area contributed by atoms with Gasteiger partial charge in [-0.1, -0.05) is 48.5 Å². The summed E-state index contributed by atoms with van der Waals surface area (Å²) in [5.74, 6) is 0.812. The number of carbonyl (C=O) groups excluding carboxylic acids is 1. The lowest BCUT2D eigenvalue weighted by molar-refractivity contribution is 0.0730. The van der Waals surface area contributed by atoms with Crippen LogP contribution in [0.25, 0.3) is 11.3 Å². The van der Waals surface area contributed by atoms with Crippen LogP contribution in [-0.2, 0) is 6.54 Å². The highest BCUT2D eigenvalue weighted by Gasteiger charge is 2.42. The normalized spacial score (nSPS) is 15.1. The van der Waals surface area contributed by atoms with Crippen molar-refractivity contribution >= 4 is 5.91 Å². The van der Waals surface area contributed by atoms with Crippen molar-refractivity contribution in [3.63, 3.8) is 0 Å². The summed E-state index contributed by atoms with van der Waals surface area (Å²) in [5, 5.41) is 18.3. The summed E-state index contributed by atoms with van der Waals surface area (Å²) in [4.78, 5) is 15.4. The summed E-state index contributed by atoms with van der Waals surface area (Å²) >= 11 is 0. The molecule has 6 heteroatoms. The fraction of sp³-hybridized carbons (Fsp3) is 0.185. The molecule has 33 heavy (non-hydrogen) atoms. The number of ether oxygens (including phenoxy) is 1. The second-order valence-electron chi connectivity index (χ2n) is 8.43. The molecule has 1 aliphatic heterocycles. The van der Waals surface area contributed by atoms with Gasteiger partial charge in [0.1, 0.15) is 22.9 Å². The van der Waals surface area contributed by atoms with Crippen LogP contribution in [0, 0.1) is 13.8 Å². The Morgan fingerprint density at radius 2 is 1.79 bits per heavy atom. The minimum atomic E-state index is -0.354. The molecule has 1 atom stereocenters. The molecule has 6 nitrogen and oxygen atoms in total. The predicted octanol–water partition coefficient (Wildman–Crippen LogP) is 5.15. The summed E-state index contributed by atoms with van der Waals surface area (Å²) in [6.07, 6.45) is 0. The van der Waals surface area contributed by atoms with Gasteiger partial charge in [-0.2, -0.15) is 5.10 Å².